The monoisotopic (exact) mass is 561 g/mol. The summed E-state index contributed by atoms with van der Waals surface area (Å²) in [6.45, 7) is 0. The molecule has 0 radical (unpaired) electrons. The standard InChI is InChI=1S/C41H27N3/c1-3-11-28(12-4-1)29-19-22-32(23-20-29)43-38-17-9-7-15-33(38)35-25-30(21-24-40(35)43)37-26-41-36(27-42-37)34-16-8-10-18-39(34)44(41)31-13-5-2-6-14-31/h1-27H. The smallest absolute Gasteiger partial charge is 0.0723 e. The van der Waals surface area contributed by atoms with Gasteiger partial charge in [-0.25, -0.2) is 0 Å². The van der Waals surface area contributed by atoms with Gasteiger partial charge in [0.25, 0.3) is 0 Å². The summed E-state index contributed by atoms with van der Waals surface area (Å²) in [5, 5.41) is 4.82. The Labute approximate surface area is 254 Å². The largest absolute Gasteiger partial charge is 0.309 e. The van der Waals surface area contributed by atoms with Crippen molar-refractivity contribution in [1.29, 1.82) is 0 Å². The van der Waals surface area contributed by atoms with E-state index in [-0.39, 0.29) is 0 Å². The molecular weight excluding hydrogens is 534 g/mol. The Morgan fingerprint density at radius 3 is 1.59 bits per heavy atom. The van der Waals surface area contributed by atoms with Crippen LogP contribution in [0.1, 0.15) is 0 Å². The molecule has 0 aliphatic carbocycles. The summed E-state index contributed by atoms with van der Waals surface area (Å²) in [4.78, 5) is 5.00. The minimum Gasteiger partial charge on any atom is -0.309 e. The number of hydrogen-bond acceptors (Lipinski definition) is 1. The Morgan fingerprint density at radius 2 is 0.864 bits per heavy atom. The van der Waals surface area contributed by atoms with E-state index in [1.165, 1.54) is 43.8 Å². The average molecular weight is 562 g/mol. The Hall–Kier alpha value is -5.93. The first kappa shape index (κ1) is 24.6. The minimum absolute atomic E-state index is 0.962. The van der Waals surface area contributed by atoms with Crippen LogP contribution in [0.15, 0.2) is 164 Å². The molecule has 0 atom stereocenters. The van der Waals surface area contributed by atoms with E-state index in [1.807, 2.05) is 6.20 Å². The first-order valence-electron chi connectivity index (χ1n) is 15.0. The van der Waals surface area contributed by atoms with Crippen LogP contribution in [0.5, 0.6) is 0 Å². The molecule has 9 rings (SSSR count). The molecule has 0 saturated heterocycles. The first-order chi connectivity index (χ1) is 21.8. The predicted molar refractivity (Wildman–Crippen MR) is 184 cm³/mol. The summed E-state index contributed by atoms with van der Waals surface area (Å²) in [7, 11) is 0. The topological polar surface area (TPSA) is 22.8 Å². The molecule has 0 saturated carbocycles. The normalized spacial score (nSPS) is 11.6. The molecule has 0 aliphatic heterocycles. The van der Waals surface area contributed by atoms with Crippen molar-refractivity contribution in [3.63, 3.8) is 0 Å². The molecule has 3 heteroatoms. The van der Waals surface area contributed by atoms with Crippen LogP contribution >= 0.6 is 0 Å². The summed E-state index contributed by atoms with van der Waals surface area (Å²) in [6, 6.07) is 56.2. The number of para-hydroxylation sites is 3. The van der Waals surface area contributed by atoms with Crippen molar-refractivity contribution >= 4 is 43.6 Å². The van der Waals surface area contributed by atoms with Gasteiger partial charge in [-0.15, -0.1) is 0 Å². The molecule has 0 amide bonds. The van der Waals surface area contributed by atoms with E-state index in [0.717, 1.165) is 33.5 Å². The number of benzene rings is 6. The van der Waals surface area contributed by atoms with Gasteiger partial charge >= 0.3 is 0 Å². The number of nitrogens with zero attached hydrogens (tertiary/aromatic N) is 3. The van der Waals surface area contributed by atoms with Gasteiger partial charge in [0.1, 0.15) is 0 Å². The quantitative estimate of drug-likeness (QED) is 0.210. The van der Waals surface area contributed by atoms with Crippen molar-refractivity contribution in [2.75, 3.05) is 0 Å². The third-order valence-corrected chi connectivity index (χ3v) is 8.77. The SMILES string of the molecule is c1ccc(-c2ccc(-n3c4ccccc4c4cc(-c5cc6c(cn5)c5ccccc5n6-c5ccccc5)ccc43)cc2)cc1. The molecular formula is C41H27N3. The number of aromatic nitrogens is 3. The summed E-state index contributed by atoms with van der Waals surface area (Å²) >= 11 is 0. The fourth-order valence-corrected chi connectivity index (χ4v) is 6.72. The zero-order chi connectivity index (χ0) is 29.0. The van der Waals surface area contributed by atoms with Gasteiger partial charge in [-0.3, -0.25) is 4.98 Å². The van der Waals surface area contributed by atoms with E-state index in [4.69, 9.17) is 4.98 Å². The number of hydrogen-bond donors (Lipinski definition) is 0. The summed E-state index contributed by atoms with van der Waals surface area (Å²) < 4.78 is 4.71. The Bertz CT molecular complexity index is 2470. The summed E-state index contributed by atoms with van der Waals surface area (Å²) in [5.41, 5.74) is 11.5. The van der Waals surface area contributed by atoms with Crippen LogP contribution in [0, 0.1) is 0 Å². The zero-order valence-corrected chi connectivity index (χ0v) is 23.9. The predicted octanol–water partition coefficient (Wildman–Crippen LogP) is 10.6. The molecule has 0 unspecified atom stereocenters. The van der Waals surface area contributed by atoms with Crippen molar-refractivity contribution in [1.82, 2.24) is 14.1 Å². The van der Waals surface area contributed by atoms with Gasteiger partial charge in [0.15, 0.2) is 0 Å². The third-order valence-electron chi connectivity index (χ3n) is 8.77. The van der Waals surface area contributed by atoms with E-state index in [2.05, 4.69) is 167 Å². The molecule has 3 heterocycles. The molecule has 9 aromatic rings. The van der Waals surface area contributed by atoms with Crippen molar-refractivity contribution in [2.24, 2.45) is 0 Å². The van der Waals surface area contributed by atoms with Gasteiger partial charge in [-0.2, -0.15) is 0 Å². The number of pyridine rings is 1. The number of rotatable bonds is 4. The van der Waals surface area contributed by atoms with E-state index in [1.54, 1.807) is 0 Å². The van der Waals surface area contributed by atoms with Crippen molar-refractivity contribution in [3.8, 4) is 33.8 Å². The highest BCUT2D eigenvalue weighted by atomic mass is 15.0. The molecule has 0 fully saturated rings. The zero-order valence-electron chi connectivity index (χ0n) is 23.9. The van der Waals surface area contributed by atoms with Gasteiger partial charge in [0.05, 0.1) is 27.8 Å². The highest BCUT2D eigenvalue weighted by molar-refractivity contribution is 6.12. The Morgan fingerprint density at radius 1 is 0.341 bits per heavy atom. The van der Waals surface area contributed by atoms with Crippen molar-refractivity contribution in [2.45, 2.75) is 0 Å². The lowest BCUT2D eigenvalue weighted by atomic mass is 10.1. The van der Waals surface area contributed by atoms with E-state index in [0.29, 0.717) is 0 Å². The van der Waals surface area contributed by atoms with E-state index >= 15 is 0 Å². The van der Waals surface area contributed by atoms with Gasteiger partial charge in [0, 0.05) is 44.7 Å². The minimum atomic E-state index is 0.962. The highest BCUT2D eigenvalue weighted by Gasteiger charge is 2.16. The maximum Gasteiger partial charge on any atom is 0.0723 e. The maximum atomic E-state index is 5.00. The molecule has 3 aromatic heterocycles. The second-order valence-corrected chi connectivity index (χ2v) is 11.3. The van der Waals surface area contributed by atoms with Gasteiger partial charge in [-0.1, -0.05) is 103 Å². The van der Waals surface area contributed by atoms with Crippen LogP contribution < -0.4 is 0 Å². The van der Waals surface area contributed by atoms with Crippen molar-refractivity contribution < 1.29 is 0 Å². The third kappa shape index (κ3) is 3.80. The lowest BCUT2D eigenvalue weighted by Crippen LogP contribution is -1.94. The van der Waals surface area contributed by atoms with Gasteiger partial charge < -0.3 is 9.13 Å². The highest BCUT2D eigenvalue weighted by Crippen LogP contribution is 2.37. The Kier molecular flexibility index (Phi) is 5.50. The number of fused-ring (bicyclic) bond motifs is 6. The van der Waals surface area contributed by atoms with Gasteiger partial charge in [0.2, 0.25) is 0 Å². The fraction of sp³-hybridized carbons (Fsp3) is 0. The van der Waals surface area contributed by atoms with Crippen LogP contribution in [-0.2, 0) is 0 Å². The van der Waals surface area contributed by atoms with Crippen LogP contribution in [0.4, 0.5) is 0 Å². The lowest BCUT2D eigenvalue weighted by molar-refractivity contribution is 1.17. The average Bonchev–Trinajstić information content (AvgIpc) is 3.61. The molecule has 6 aromatic carbocycles. The van der Waals surface area contributed by atoms with Crippen LogP contribution in [0.25, 0.3) is 77.4 Å². The molecule has 0 bridgehead atoms. The summed E-state index contributed by atoms with van der Waals surface area (Å²) in [5.74, 6) is 0. The van der Waals surface area contributed by atoms with E-state index in [9.17, 15) is 0 Å². The molecule has 0 spiro atoms. The second-order valence-electron chi connectivity index (χ2n) is 11.3. The molecule has 3 nitrogen and oxygen atoms in total. The van der Waals surface area contributed by atoms with Gasteiger partial charge in [-0.05, 0) is 65.7 Å². The lowest BCUT2D eigenvalue weighted by Gasteiger charge is -2.10. The molecule has 0 N–H and O–H groups in total. The first-order valence-corrected chi connectivity index (χ1v) is 15.0. The van der Waals surface area contributed by atoms with Crippen LogP contribution in [0.3, 0.4) is 0 Å². The molecule has 206 valence electrons. The van der Waals surface area contributed by atoms with E-state index < -0.39 is 0 Å². The fourth-order valence-electron chi connectivity index (χ4n) is 6.72. The van der Waals surface area contributed by atoms with Crippen molar-refractivity contribution in [3.05, 3.63) is 164 Å². The van der Waals surface area contributed by atoms with Crippen LogP contribution in [-0.4, -0.2) is 14.1 Å². The maximum absolute atomic E-state index is 5.00. The molecule has 0 aliphatic rings. The summed E-state index contributed by atoms with van der Waals surface area (Å²) in [6.07, 6.45) is 2.04. The van der Waals surface area contributed by atoms with Crippen LogP contribution in [0.2, 0.25) is 0 Å². The molecule has 44 heavy (non-hydrogen) atoms. The Balaban J connectivity index is 1.21. The second kappa shape index (κ2) is 9.82.